The van der Waals surface area contributed by atoms with Gasteiger partial charge in [-0.05, 0) is 77.9 Å². The Labute approximate surface area is 273 Å². The van der Waals surface area contributed by atoms with Crippen LogP contribution in [0.2, 0.25) is 0 Å². The molecule has 1 heterocycles. The lowest BCUT2D eigenvalue weighted by Crippen LogP contribution is -2.28. The second kappa shape index (κ2) is 9.81. The molecule has 1 aliphatic carbocycles. The zero-order valence-electron chi connectivity index (χ0n) is 25.1. The maximum atomic E-state index is 2.38. The molecule has 8 aromatic rings. The summed E-state index contributed by atoms with van der Waals surface area (Å²) < 4.78 is 0. The van der Waals surface area contributed by atoms with Crippen molar-refractivity contribution in [3.8, 4) is 33.4 Å². The van der Waals surface area contributed by atoms with Crippen molar-refractivity contribution < 1.29 is 0 Å². The van der Waals surface area contributed by atoms with Crippen molar-refractivity contribution in [2.45, 2.75) is 15.2 Å². The van der Waals surface area contributed by atoms with Crippen molar-refractivity contribution in [2.75, 3.05) is 0 Å². The molecule has 0 N–H and O–H groups in total. The fraction of sp³-hybridized carbons (Fsp3) is 0.0222. The summed E-state index contributed by atoms with van der Waals surface area (Å²) in [6.07, 6.45) is 0. The van der Waals surface area contributed by atoms with Gasteiger partial charge in [0.05, 0.1) is 5.41 Å². The number of fused-ring (bicyclic) bond motifs is 7. The standard InChI is InChI=1S/C45H28S/c1-2-13-32(14-3-1)45(39-19-8-6-17-38(39)43-34-15-5-4-11-29(34)24-28-40(43)45)33-25-21-30(22-26-33)35-27-23-31-12-10-18-37-36-16-7-9-20-41(36)46-44(35)42(31)37/h1-28H. The van der Waals surface area contributed by atoms with E-state index in [0.717, 1.165) is 0 Å². The first-order chi connectivity index (χ1) is 22.8. The number of hydrogen-bond acceptors (Lipinski definition) is 1. The lowest BCUT2D eigenvalue weighted by molar-refractivity contribution is 0.769. The minimum absolute atomic E-state index is 0.422. The van der Waals surface area contributed by atoms with Gasteiger partial charge in [-0.2, -0.15) is 0 Å². The molecule has 0 aromatic heterocycles. The van der Waals surface area contributed by atoms with E-state index >= 15 is 0 Å². The molecule has 2 aliphatic rings. The van der Waals surface area contributed by atoms with Crippen molar-refractivity contribution in [1.29, 1.82) is 0 Å². The summed E-state index contributed by atoms with van der Waals surface area (Å²) in [4.78, 5) is 2.67. The van der Waals surface area contributed by atoms with Gasteiger partial charge in [-0.1, -0.05) is 176 Å². The van der Waals surface area contributed by atoms with Crippen molar-refractivity contribution in [3.05, 3.63) is 192 Å². The topological polar surface area (TPSA) is 0 Å². The average Bonchev–Trinajstić information content (AvgIpc) is 3.44. The summed E-state index contributed by atoms with van der Waals surface area (Å²) in [6.45, 7) is 0. The molecular weight excluding hydrogens is 573 g/mol. The van der Waals surface area contributed by atoms with Crippen LogP contribution < -0.4 is 0 Å². The van der Waals surface area contributed by atoms with Gasteiger partial charge in [0.1, 0.15) is 0 Å². The zero-order valence-corrected chi connectivity index (χ0v) is 25.9. The Kier molecular flexibility index (Phi) is 5.53. The third kappa shape index (κ3) is 3.47. The second-order valence-corrected chi connectivity index (χ2v) is 13.4. The Morgan fingerprint density at radius 2 is 1.07 bits per heavy atom. The van der Waals surface area contributed by atoms with Gasteiger partial charge in [-0.15, -0.1) is 0 Å². The Morgan fingerprint density at radius 3 is 1.96 bits per heavy atom. The van der Waals surface area contributed by atoms with Gasteiger partial charge in [0.25, 0.3) is 0 Å². The van der Waals surface area contributed by atoms with Gasteiger partial charge in [0.2, 0.25) is 0 Å². The minimum atomic E-state index is -0.422. The van der Waals surface area contributed by atoms with Crippen molar-refractivity contribution >= 4 is 33.3 Å². The van der Waals surface area contributed by atoms with Crippen LogP contribution in [0.15, 0.2) is 180 Å². The predicted molar refractivity (Wildman–Crippen MR) is 194 cm³/mol. The lowest BCUT2D eigenvalue weighted by Gasteiger charge is -2.34. The molecule has 1 unspecified atom stereocenters. The molecule has 0 amide bonds. The Balaban J connectivity index is 1.21. The molecule has 214 valence electrons. The Bertz CT molecular complexity index is 2490. The van der Waals surface area contributed by atoms with Gasteiger partial charge in [-0.25, -0.2) is 0 Å². The van der Waals surface area contributed by atoms with Crippen molar-refractivity contribution in [3.63, 3.8) is 0 Å². The second-order valence-electron chi connectivity index (χ2n) is 12.4. The van der Waals surface area contributed by atoms with Crippen LogP contribution in [0, 0.1) is 0 Å². The summed E-state index contributed by atoms with van der Waals surface area (Å²) in [5.41, 5.74) is 12.7. The maximum Gasteiger partial charge on any atom is 0.0713 e. The first-order valence-electron chi connectivity index (χ1n) is 15.9. The molecule has 1 heteroatoms. The van der Waals surface area contributed by atoms with Gasteiger partial charge >= 0.3 is 0 Å². The summed E-state index contributed by atoms with van der Waals surface area (Å²) >= 11 is 1.90. The van der Waals surface area contributed by atoms with E-state index in [1.165, 1.54) is 87.0 Å². The van der Waals surface area contributed by atoms with E-state index in [1.807, 2.05) is 11.8 Å². The highest BCUT2D eigenvalue weighted by atomic mass is 32.2. The van der Waals surface area contributed by atoms with Crippen molar-refractivity contribution in [1.82, 2.24) is 0 Å². The fourth-order valence-electron chi connectivity index (χ4n) is 8.22. The molecule has 46 heavy (non-hydrogen) atoms. The first-order valence-corrected chi connectivity index (χ1v) is 16.8. The SMILES string of the molecule is c1ccc(C2(c3ccc(-c4ccc5cccc6c5c4Sc4ccccc4-6)cc3)c3ccccc3-c3c2ccc2ccccc32)cc1. The monoisotopic (exact) mass is 600 g/mol. The molecule has 1 atom stereocenters. The summed E-state index contributed by atoms with van der Waals surface area (Å²) in [5, 5.41) is 5.24. The maximum absolute atomic E-state index is 2.38. The van der Waals surface area contributed by atoms with Crippen LogP contribution in [0.3, 0.4) is 0 Å². The quantitative estimate of drug-likeness (QED) is 0.194. The molecule has 0 fully saturated rings. The van der Waals surface area contributed by atoms with E-state index in [4.69, 9.17) is 0 Å². The van der Waals surface area contributed by atoms with Crippen LogP contribution in [0.1, 0.15) is 22.3 Å². The highest BCUT2D eigenvalue weighted by Gasteiger charge is 2.46. The smallest absolute Gasteiger partial charge is 0.0713 e. The largest absolute Gasteiger partial charge is 0.0881 e. The van der Waals surface area contributed by atoms with Crippen LogP contribution in [-0.4, -0.2) is 0 Å². The minimum Gasteiger partial charge on any atom is -0.0881 e. The Hall–Kier alpha value is -5.37. The normalized spacial score (nSPS) is 15.8. The highest BCUT2D eigenvalue weighted by molar-refractivity contribution is 8.00. The van der Waals surface area contributed by atoms with Gasteiger partial charge in [0, 0.05) is 15.2 Å². The van der Waals surface area contributed by atoms with E-state index < -0.39 is 5.41 Å². The number of hydrogen-bond donors (Lipinski definition) is 0. The van der Waals surface area contributed by atoms with Crippen LogP contribution in [-0.2, 0) is 5.41 Å². The molecule has 0 saturated carbocycles. The van der Waals surface area contributed by atoms with Crippen LogP contribution in [0.4, 0.5) is 0 Å². The van der Waals surface area contributed by atoms with E-state index in [2.05, 4.69) is 170 Å². The molecule has 1 aliphatic heterocycles. The van der Waals surface area contributed by atoms with Gasteiger partial charge in [0.15, 0.2) is 0 Å². The van der Waals surface area contributed by atoms with E-state index in [9.17, 15) is 0 Å². The molecule has 0 saturated heterocycles. The average molecular weight is 601 g/mol. The summed E-state index contributed by atoms with van der Waals surface area (Å²) in [5.74, 6) is 0. The third-order valence-corrected chi connectivity index (χ3v) is 11.4. The Morgan fingerprint density at radius 1 is 0.391 bits per heavy atom. The van der Waals surface area contributed by atoms with Crippen LogP contribution >= 0.6 is 11.8 Å². The van der Waals surface area contributed by atoms with Gasteiger partial charge < -0.3 is 0 Å². The van der Waals surface area contributed by atoms with E-state index in [0.29, 0.717) is 0 Å². The van der Waals surface area contributed by atoms with Crippen LogP contribution in [0.25, 0.3) is 54.9 Å². The van der Waals surface area contributed by atoms with Crippen molar-refractivity contribution in [2.24, 2.45) is 0 Å². The summed E-state index contributed by atoms with van der Waals surface area (Å²) in [6, 6.07) is 63.2. The van der Waals surface area contributed by atoms with E-state index in [1.54, 1.807) is 0 Å². The molecule has 0 radical (unpaired) electrons. The predicted octanol–water partition coefficient (Wildman–Crippen LogP) is 12.2. The molecule has 0 spiro atoms. The van der Waals surface area contributed by atoms with Crippen LogP contribution in [0.5, 0.6) is 0 Å². The third-order valence-electron chi connectivity index (χ3n) is 10.2. The molecule has 10 rings (SSSR count). The number of rotatable bonds is 3. The number of benzene rings is 8. The summed E-state index contributed by atoms with van der Waals surface area (Å²) in [7, 11) is 0. The fourth-order valence-corrected chi connectivity index (χ4v) is 9.50. The van der Waals surface area contributed by atoms with Gasteiger partial charge in [-0.3, -0.25) is 0 Å². The van der Waals surface area contributed by atoms with E-state index in [-0.39, 0.29) is 0 Å². The first kappa shape index (κ1) is 25.9. The molecule has 0 nitrogen and oxygen atoms in total. The highest BCUT2D eigenvalue weighted by Crippen LogP contribution is 2.58. The zero-order chi connectivity index (χ0) is 30.2. The lowest BCUT2D eigenvalue weighted by atomic mass is 9.67. The molecular formula is C45H28S. The molecule has 8 aromatic carbocycles. The molecule has 0 bridgehead atoms.